The molecule has 0 bridgehead atoms. The van der Waals surface area contributed by atoms with Gasteiger partial charge in [0.2, 0.25) is 0 Å². The molecule has 1 aliphatic rings. The number of benzene rings is 2. The fourth-order valence-corrected chi connectivity index (χ4v) is 4.67. The molecular weight excluding hydrogens is 564 g/mol. The van der Waals surface area contributed by atoms with Gasteiger partial charge >= 0.3 is 23.9 Å². The second-order valence-corrected chi connectivity index (χ2v) is 10.6. The van der Waals surface area contributed by atoms with E-state index in [9.17, 15) is 19.2 Å². The Morgan fingerprint density at radius 3 is 2.23 bits per heavy atom. The highest BCUT2D eigenvalue weighted by Gasteiger charge is 2.20. The average molecular weight is 607 g/mol. The molecule has 2 aromatic carbocycles. The van der Waals surface area contributed by atoms with Crippen LogP contribution in [0.5, 0.6) is 17.2 Å². The Labute approximate surface area is 259 Å². The van der Waals surface area contributed by atoms with E-state index in [1.807, 2.05) is 13.0 Å². The molecule has 0 aromatic heterocycles. The van der Waals surface area contributed by atoms with E-state index in [2.05, 4.69) is 13.2 Å². The van der Waals surface area contributed by atoms with Crippen LogP contribution in [0, 0.1) is 0 Å². The summed E-state index contributed by atoms with van der Waals surface area (Å²) in [4.78, 5) is 48.1. The Hall–Kier alpha value is -4.40. The highest BCUT2D eigenvalue weighted by atomic mass is 16.6. The molecule has 0 saturated heterocycles. The first kappa shape index (κ1) is 34.1. The summed E-state index contributed by atoms with van der Waals surface area (Å²) in [5.41, 5.74) is 1.27. The van der Waals surface area contributed by atoms with Gasteiger partial charge in [0.25, 0.3) is 0 Å². The summed E-state index contributed by atoms with van der Waals surface area (Å²) in [5, 5.41) is 0. The van der Waals surface area contributed by atoms with E-state index < -0.39 is 23.9 Å². The minimum absolute atomic E-state index is 0.0450. The van der Waals surface area contributed by atoms with Gasteiger partial charge in [0.1, 0.15) is 23.4 Å². The fraction of sp³-hybridized carbons (Fsp3) is 0.429. The lowest BCUT2D eigenvalue weighted by Gasteiger charge is -2.21. The summed E-state index contributed by atoms with van der Waals surface area (Å²) in [5.74, 6) is -0.645. The molecule has 3 rings (SSSR count). The van der Waals surface area contributed by atoms with E-state index in [4.69, 9.17) is 23.7 Å². The molecule has 2 aromatic rings. The molecule has 9 heteroatoms. The number of ether oxygens (including phenoxy) is 5. The van der Waals surface area contributed by atoms with Crippen LogP contribution in [0.1, 0.15) is 87.1 Å². The quantitative estimate of drug-likeness (QED) is 0.0824. The van der Waals surface area contributed by atoms with Crippen LogP contribution < -0.4 is 14.2 Å². The van der Waals surface area contributed by atoms with Crippen LogP contribution in [-0.2, 0) is 30.3 Å². The van der Waals surface area contributed by atoms with Crippen molar-refractivity contribution in [2.45, 2.75) is 83.7 Å². The van der Waals surface area contributed by atoms with E-state index in [0.717, 1.165) is 56.6 Å². The lowest BCUT2D eigenvalue weighted by atomic mass is 9.98. The Balaban J connectivity index is 1.30. The van der Waals surface area contributed by atoms with Gasteiger partial charge in [-0.2, -0.15) is 0 Å². The monoisotopic (exact) mass is 606 g/mol. The minimum atomic E-state index is -0.581. The molecule has 0 N–H and O–H groups in total. The van der Waals surface area contributed by atoms with E-state index in [-0.39, 0.29) is 24.7 Å². The zero-order chi connectivity index (χ0) is 31.7. The van der Waals surface area contributed by atoms with Crippen molar-refractivity contribution in [3.63, 3.8) is 0 Å². The van der Waals surface area contributed by atoms with E-state index in [0.29, 0.717) is 42.3 Å². The predicted molar refractivity (Wildman–Crippen MR) is 165 cm³/mol. The number of carbonyl (C=O) groups excluding carboxylic acids is 4. The van der Waals surface area contributed by atoms with Gasteiger partial charge in [-0.25, -0.2) is 14.4 Å². The standard InChI is InChI=1S/C35H42O9/c1-4-26-24-30(19-20-31(26)44-35(39)27-15-17-29(18-16-27)42-32(36)5-2)40-21-11-6-7-12-22-41-34(38)25(3)23-33(37)43-28-13-9-8-10-14-28/h5,15-20,24,28H,2-4,6-14,21-23H2,1H3. The van der Waals surface area contributed by atoms with E-state index in [1.165, 1.54) is 30.7 Å². The summed E-state index contributed by atoms with van der Waals surface area (Å²) in [6.45, 7) is 9.78. The third-order valence-electron chi connectivity index (χ3n) is 7.13. The molecule has 1 aliphatic carbocycles. The summed E-state index contributed by atoms with van der Waals surface area (Å²) in [6.07, 6.45) is 9.87. The van der Waals surface area contributed by atoms with Crippen molar-refractivity contribution in [2.75, 3.05) is 13.2 Å². The van der Waals surface area contributed by atoms with Crippen LogP contribution in [0.15, 0.2) is 67.3 Å². The lowest BCUT2D eigenvalue weighted by molar-refractivity contribution is -0.151. The van der Waals surface area contributed by atoms with E-state index >= 15 is 0 Å². The molecule has 0 atom stereocenters. The Bertz CT molecular complexity index is 1290. The number of hydrogen-bond acceptors (Lipinski definition) is 9. The number of rotatable bonds is 17. The van der Waals surface area contributed by atoms with Crippen LogP contribution in [0.2, 0.25) is 0 Å². The topological polar surface area (TPSA) is 114 Å². The highest BCUT2D eigenvalue weighted by molar-refractivity contribution is 5.93. The van der Waals surface area contributed by atoms with Crippen LogP contribution in [0.25, 0.3) is 0 Å². The van der Waals surface area contributed by atoms with Gasteiger partial charge in [0, 0.05) is 11.6 Å². The van der Waals surface area contributed by atoms with Gasteiger partial charge in [-0.05, 0) is 106 Å². The second-order valence-electron chi connectivity index (χ2n) is 10.6. The zero-order valence-corrected chi connectivity index (χ0v) is 25.5. The van der Waals surface area contributed by atoms with Crippen molar-refractivity contribution < 1.29 is 42.9 Å². The van der Waals surface area contributed by atoms with Crippen LogP contribution in [0.3, 0.4) is 0 Å². The van der Waals surface area contributed by atoms with Crippen LogP contribution in [0.4, 0.5) is 0 Å². The Morgan fingerprint density at radius 1 is 0.864 bits per heavy atom. The molecule has 0 heterocycles. The third kappa shape index (κ3) is 11.7. The maximum Gasteiger partial charge on any atom is 0.343 e. The van der Waals surface area contributed by atoms with Gasteiger partial charge in [-0.15, -0.1) is 0 Å². The lowest BCUT2D eigenvalue weighted by Crippen LogP contribution is -2.22. The van der Waals surface area contributed by atoms with Crippen molar-refractivity contribution in [2.24, 2.45) is 0 Å². The first-order valence-electron chi connectivity index (χ1n) is 15.3. The molecule has 44 heavy (non-hydrogen) atoms. The van der Waals surface area contributed by atoms with Crippen molar-refractivity contribution in [1.29, 1.82) is 0 Å². The van der Waals surface area contributed by atoms with Crippen LogP contribution in [-0.4, -0.2) is 43.2 Å². The SMILES string of the molecule is C=CC(=O)Oc1ccc(C(=O)Oc2ccc(OCCCCCCOC(=O)C(=C)CC(=O)OC3CCCCC3)cc2CC)cc1. The van der Waals surface area contributed by atoms with Crippen molar-refractivity contribution in [3.05, 3.63) is 78.4 Å². The number of aryl methyl sites for hydroxylation is 1. The van der Waals surface area contributed by atoms with Gasteiger partial charge in [0.05, 0.1) is 25.2 Å². The van der Waals surface area contributed by atoms with Crippen molar-refractivity contribution >= 4 is 23.9 Å². The number of hydrogen-bond donors (Lipinski definition) is 0. The maximum atomic E-state index is 12.6. The van der Waals surface area contributed by atoms with Gasteiger partial charge in [-0.1, -0.05) is 26.5 Å². The van der Waals surface area contributed by atoms with Gasteiger partial charge in [-0.3, -0.25) is 4.79 Å². The summed E-state index contributed by atoms with van der Waals surface area (Å²) < 4.78 is 27.2. The highest BCUT2D eigenvalue weighted by Crippen LogP contribution is 2.26. The number of esters is 4. The van der Waals surface area contributed by atoms with Crippen molar-refractivity contribution in [3.8, 4) is 17.2 Å². The maximum absolute atomic E-state index is 12.6. The molecular formula is C35H42O9. The number of unbranched alkanes of at least 4 members (excludes halogenated alkanes) is 3. The van der Waals surface area contributed by atoms with Crippen molar-refractivity contribution in [1.82, 2.24) is 0 Å². The molecule has 0 unspecified atom stereocenters. The predicted octanol–water partition coefficient (Wildman–Crippen LogP) is 6.86. The molecule has 1 saturated carbocycles. The van der Waals surface area contributed by atoms with E-state index in [1.54, 1.807) is 12.1 Å². The average Bonchev–Trinajstić information content (AvgIpc) is 3.03. The summed E-state index contributed by atoms with van der Waals surface area (Å²) in [6, 6.07) is 11.4. The summed E-state index contributed by atoms with van der Waals surface area (Å²) >= 11 is 0. The number of carbonyl (C=O) groups is 4. The fourth-order valence-electron chi connectivity index (χ4n) is 4.67. The van der Waals surface area contributed by atoms with Gasteiger partial charge in [0.15, 0.2) is 0 Å². The minimum Gasteiger partial charge on any atom is -0.494 e. The molecule has 1 fully saturated rings. The molecule has 0 aliphatic heterocycles. The molecule has 0 spiro atoms. The Morgan fingerprint density at radius 2 is 1.55 bits per heavy atom. The largest absolute Gasteiger partial charge is 0.494 e. The normalized spacial score (nSPS) is 12.9. The molecule has 9 nitrogen and oxygen atoms in total. The Kier molecular flexibility index (Phi) is 14.2. The first-order valence-corrected chi connectivity index (χ1v) is 15.3. The first-order chi connectivity index (χ1) is 21.3. The zero-order valence-electron chi connectivity index (χ0n) is 25.5. The second kappa shape index (κ2) is 18.3. The third-order valence-corrected chi connectivity index (χ3v) is 7.13. The smallest absolute Gasteiger partial charge is 0.343 e. The summed E-state index contributed by atoms with van der Waals surface area (Å²) in [7, 11) is 0. The molecule has 0 radical (unpaired) electrons. The van der Waals surface area contributed by atoms with Crippen LogP contribution >= 0.6 is 0 Å². The molecule has 0 amide bonds. The van der Waals surface area contributed by atoms with Gasteiger partial charge < -0.3 is 23.7 Å². The molecule has 236 valence electrons.